The summed E-state index contributed by atoms with van der Waals surface area (Å²) in [7, 11) is 0. The molecule has 1 aromatic heterocycles. The normalized spacial score (nSPS) is 12.9. The predicted molar refractivity (Wildman–Crippen MR) is 252 cm³/mol. The third-order valence-corrected chi connectivity index (χ3v) is 13.6. The SMILES string of the molecule is c1ccc(N(c2ccc3sc4cccc(-c5ccc6c(ccc7ccccc76)c5)c4c3c2)c2cccc3c2-c2ccccc2C3(c2ccccc2)c2ccccc2)cc1. The molecule has 1 aliphatic carbocycles. The first kappa shape index (κ1) is 33.8. The Balaban J connectivity index is 1.10. The first-order chi connectivity index (χ1) is 29.3. The van der Waals surface area contributed by atoms with E-state index in [1.807, 2.05) is 11.3 Å². The van der Waals surface area contributed by atoms with Gasteiger partial charge in [0.15, 0.2) is 0 Å². The zero-order valence-corrected chi connectivity index (χ0v) is 33.0. The van der Waals surface area contributed by atoms with Gasteiger partial charge in [-0.25, -0.2) is 0 Å². The van der Waals surface area contributed by atoms with Crippen molar-refractivity contribution in [1.29, 1.82) is 0 Å². The van der Waals surface area contributed by atoms with Crippen molar-refractivity contribution in [3.8, 4) is 22.3 Å². The molecule has 12 rings (SSSR count). The summed E-state index contributed by atoms with van der Waals surface area (Å²) in [5.41, 5.74) is 13.1. The van der Waals surface area contributed by atoms with Crippen LogP contribution < -0.4 is 4.90 Å². The second kappa shape index (κ2) is 13.4. The van der Waals surface area contributed by atoms with Crippen LogP contribution >= 0.6 is 11.3 Å². The van der Waals surface area contributed by atoms with Gasteiger partial charge in [-0.2, -0.15) is 0 Å². The Morgan fingerprint density at radius 3 is 1.83 bits per heavy atom. The van der Waals surface area contributed by atoms with Gasteiger partial charge in [-0.15, -0.1) is 11.3 Å². The van der Waals surface area contributed by atoms with E-state index < -0.39 is 5.41 Å². The molecule has 10 aromatic carbocycles. The average Bonchev–Trinajstić information content (AvgIpc) is 3.84. The zero-order valence-electron chi connectivity index (χ0n) is 32.2. The van der Waals surface area contributed by atoms with E-state index in [4.69, 9.17) is 0 Å². The third-order valence-electron chi connectivity index (χ3n) is 12.5. The molecule has 276 valence electrons. The molecule has 1 heterocycles. The maximum atomic E-state index is 2.48. The minimum absolute atomic E-state index is 0.485. The van der Waals surface area contributed by atoms with Crippen molar-refractivity contribution >= 4 is 70.1 Å². The molecule has 0 spiro atoms. The topological polar surface area (TPSA) is 3.24 Å². The molecule has 59 heavy (non-hydrogen) atoms. The van der Waals surface area contributed by atoms with Crippen molar-refractivity contribution in [2.45, 2.75) is 5.41 Å². The maximum Gasteiger partial charge on any atom is 0.0714 e. The molecular formula is C57H37NS. The summed E-state index contributed by atoms with van der Waals surface area (Å²) < 4.78 is 2.58. The summed E-state index contributed by atoms with van der Waals surface area (Å²) >= 11 is 1.88. The molecule has 1 aliphatic rings. The number of rotatable bonds is 6. The Hall–Kier alpha value is -7.26. The minimum atomic E-state index is -0.485. The standard InChI is InChI=1S/C57H37NS/c1-4-17-41(18-5-1)57(42-19-6-2-7-20-42)50-26-13-12-24-48(50)56-51(57)27-15-28-52(56)58(43-21-8-3-9-22-43)44-33-35-53-49(37-44)55-47(25-14-29-54(55)59-53)40-32-34-46-39(36-40)31-30-38-16-10-11-23-45(38)46/h1-37H. The fourth-order valence-corrected chi connectivity index (χ4v) is 11.2. The van der Waals surface area contributed by atoms with Crippen LogP contribution in [-0.2, 0) is 5.41 Å². The van der Waals surface area contributed by atoms with Gasteiger partial charge in [0.2, 0.25) is 0 Å². The average molecular weight is 768 g/mol. The number of hydrogen-bond donors (Lipinski definition) is 0. The van der Waals surface area contributed by atoms with Gasteiger partial charge in [0.05, 0.1) is 11.1 Å². The summed E-state index contributed by atoms with van der Waals surface area (Å²) in [4.78, 5) is 2.48. The van der Waals surface area contributed by atoms with Crippen molar-refractivity contribution in [2.75, 3.05) is 4.90 Å². The van der Waals surface area contributed by atoms with Crippen LogP contribution in [0, 0.1) is 0 Å². The van der Waals surface area contributed by atoms with Gasteiger partial charge in [-0.1, -0.05) is 176 Å². The third kappa shape index (κ3) is 5.10. The van der Waals surface area contributed by atoms with Crippen molar-refractivity contribution in [1.82, 2.24) is 0 Å². The maximum absolute atomic E-state index is 2.48. The Morgan fingerprint density at radius 1 is 0.373 bits per heavy atom. The highest BCUT2D eigenvalue weighted by molar-refractivity contribution is 7.26. The van der Waals surface area contributed by atoms with Crippen molar-refractivity contribution in [2.24, 2.45) is 0 Å². The van der Waals surface area contributed by atoms with E-state index in [2.05, 4.69) is 229 Å². The van der Waals surface area contributed by atoms with E-state index in [9.17, 15) is 0 Å². The number of nitrogens with zero attached hydrogens (tertiary/aromatic N) is 1. The highest BCUT2D eigenvalue weighted by Gasteiger charge is 2.47. The van der Waals surface area contributed by atoms with Crippen molar-refractivity contribution in [3.63, 3.8) is 0 Å². The Bertz CT molecular complexity index is 3340. The number of anilines is 3. The summed E-state index contributed by atoms with van der Waals surface area (Å²) in [5.74, 6) is 0. The van der Waals surface area contributed by atoms with Crippen LogP contribution in [0.1, 0.15) is 22.3 Å². The number of para-hydroxylation sites is 1. The molecule has 1 nitrogen and oxygen atoms in total. The van der Waals surface area contributed by atoms with E-state index in [1.165, 1.54) is 86.2 Å². The predicted octanol–water partition coefficient (Wildman–Crippen LogP) is 15.9. The highest BCUT2D eigenvalue weighted by atomic mass is 32.1. The molecule has 0 unspecified atom stereocenters. The van der Waals surface area contributed by atoms with Gasteiger partial charge in [0, 0.05) is 37.1 Å². The molecular weight excluding hydrogens is 731 g/mol. The monoisotopic (exact) mass is 767 g/mol. The fraction of sp³-hybridized carbons (Fsp3) is 0.0175. The second-order valence-electron chi connectivity index (χ2n) is 15.6. The Kier molecular flexibility index (Phi) is 7.69. The first-order valence-electron chi connectivity index (χ1n) is 20.3. The van der Waals surface area contributed by atoms with Gasteiger partial charge in [-0.3, -0.25) is 0 Å². The summed E-state index contributed by atoms with van der Waals surface area (Å²) in [6, 6.07) is 83.0. The first-order valence-corrected chi connectivity index (χ1v) is 21.2. The van der Waals surface area contributed by atoms with E-state index in [0.717, 1.165) is 17.1 Å². The number of benzene rings is 10. The molecule has 2 heteroatoms. The molecule has 0 radical (unpaired) electrons. The lowest BCUT2D eigenvalue weighted by Gasteiger charge is -2.34. The van der Waals surface area contributed by atoms with Crippen LogP contribution in [0.5, 0.6) is 0 Å². The van der Waals surface area contributed by atoms with Gasteiger partial charge in [0.25, 0.3) is 0 Å². The highest BCUT2D eigenvalue weighted by Crippen LogP contribution is 2.59. The molecule has 0 N–H and O–H groups in total. The fourth-order valence-electron chi connectivity index (χ4n) is 10.0. The Morgan fingerprint density at radius 2 is 1.02 bits per heavy atom. The summed E-state index contributed by atoms with van der Waals surface area (Å²) in [5, 5.41) is 7.69. The molecule has 11 aromatic rings. The van der Waals surface area contributed by atoms with Crippen LogP contribution in [0.4, 0.5) is 17.1 Å². The van der Waals surface area contributed by atoms with Gasteiger partial charge in [-0.05, 0) is 109 Å². The number of thiophene rings is 1. The molecule has 0 bridgehead atoms. The van der Waals surface area contributed by atoms with E-state index in [1.54, 1.807) is 0 Å². The summed E-state index contributed by atoms with van der Waals surface area (Å²) in [6.45, 7) is 0. The van der Waals surface area contributed by atoms with Gasteiger partial charge in [0.1, 0.15) is 0 Å². The zero-order chi connectivity index (χ0) is 38.9. The number of fused-ring (bicyclic) bond motifs is 9. The van der Waals surface area contributed by atoms with Crippen molar-refractivity contribution < 1.29 is 0 Å². The Labute approximate surface area is 347 Å². The number of hydrogen-bond acceptors (Lipinski definition) is 2. The van der Waals surface area contributed by atoms with Crippen LogP contribution in [0.2, 0.25) is 0 Å². The molecule has 0 aliphatic heterocycles. The molecule has 0 fully saturated rings. The van der Waals surface area contributed by atoms with Crippen LogP contribution in [0.15, 0.2) is 224 Å². The second-order valence-corrected chi connectivity index (χ2v) is 16.7. The van der Waals surface area contributed by atoms with Crippen LogP contribution in [0.25, 0.3) is 64.0 Å². The van der Waals surface area contributed by atoms with E-state index in [-0.39, 0.29) is 0 Å². The molecule has 0 atom stereocenters. The molecule has 0 saturated heterocycles. The smallest absolute Gasteiger partial charge is 0.0714 e. The molecule has 0 amide bonds. The van der Waals surface area contributed by atoms with Gasteiger partial charge < -0.3 is 4.90 Å². The lowest BCUT2D eigenvalue weighted by molar-refractivity contribution is 0.768. The van der Waals surface area contributed by atoms with E-state index >= 15 is 0 Å². The molecule has 0 saturated carbocycles. The van der Waals surface area contributed by atoms with E-state index in [0.29, 0.717) is 0 Å². The quantitative estimate of drug-likeness (QED) is 0.152. The summed E-state index contributed by atoms with van der Waals surface area (Å²) in [6.07, 6.45) is 0. The lowest BCUT2D eigenvalue weighted by Crippen LogP contribution is -2.28. The van der Waals surface area contributed by atoms with Gasteiger partial charge >= 0.3 is 0 Å². The van der Waals surface area contributed by atoms with Crippen molar-refractivity contribution in [3.05, 3.63) is 247 Å². The van der Waals surface area contributed by atoms with Crippen LogP contribution in [0.3, 0.4) is 0 Å². The largest absolute Gasteiger partial charge is 0.310 e. The minimum Gasteiger partial charge on any atom is -0.310 e. The van der Waals surface area contributed by atoms with Crippen LogP contribution in [-0.4, -0.2) is 0 Å². The lowest BCUT2D eigenvalue weighted by atomic mass is 9.68.